The van der Waals surface area contributed by atoms with Gasteiger partial charge in [-0.25, -0.2) is 0 Å². The molecule has 0 bridgehead atoms. The molecule has 5 heteroatoms. The van der Waals surface area contributed by atoms with Crippen molar-refractivity contribution in [2.24, 2.45) is 0 Å². The largest absolute Gasteiger partial charge is 0.397 e. The lowest BCUT2D eigenvalue weighted by Gasteiger charge is -2.33. The Balaban J connectivity index is 1.73. The van der Waals surface area contributed by atoms with Gasteiger partial charge < -0.3 is 16.0 Å². The highest BCUT2D eigenvalue weighted by Crippen LogP contribution is 2.22. The molecule has 1 unspecified atom stereocenters. The lowest BCUT2D eigenvalue weighted by atomic mass is 10.0. The Bertz CT molecular complexity index is 492. The second kappa shape index (κ2) is 7.66. The summed E-state index contributed by atoms with van der Waals surface area (Å²) in [4.78, 5) is 14.4. The second-order valence-corrected chi connectivity index (χ2v) is 6.18. The highest BCUT2D eigenvalue weighted by atomic mass is 35.5. The average molecular weight is 310 g/mol. The van der Waals surface area contributed by atoms with Gasteiger partial charge in [0.25, 0.3) is 0 Å². The van der Waals surface area contributed by atoms with Gasteiger partial charge in [-0.15, -0.1) is 0 Å². The van der Waals surface area contributed by atoms with Crippen LogP contribution in [-0.4, -0.2) is 29.9 Å². The van der Waals surface area contributed by atoms with Gasteiger partial charge in [-0.05, 0) is 57.5 Å². The zero-order valence-corrected chi connectivity index (χ0v) is 13.3. The van der Waals surface area contributed by atoms with E-state index in [9.17, 15) is 4.79 Å². The van der Waals surface area contributed by atoms with E-state index in [1.165, 1.54) is 19.3 Å². The Kier molecular flexibility index (Phi) is 5.88. The van der Waals surface area contributed by atoms with Crippen LogP contribution in [0, 0.1) is 0 Å². The van der Waals surface area contributed by atoms with E-state index in [4.69, 9.17) is 17.3 Å². The summed E-state index contributed by atoms with van der Waals surface area (Å²) in [6.45, 7) is 4.43. The fourth-order valence-corrected chi connectivity index (χ4v) is 2.90. The third-order valence-electron chi connectivity index (χ3n) is 4.07. The summed E-state index contributed by atoms with van der Waals surface area (Å²) in [5.74, 6) is 0.0291. The summed E-state index contributed by atoms with van der Waals surface area (Å²) in [7, 11) is 0. The van der Waals surface area contributed by atoms with Crippen LogP contribution >= 0.6 is 11.6 Å². The molecule has 0 saturated carbocycles. The third-order valence-corrected chi connectivity index (χ3v) is 4.41. The number of halogens is 1. The van der Waals surface area contributed by atoms with E-state index in [0.29, 0.717) is 28.9 Å². The fraction of sp³-hybridized carbons (Fsp3) is 0.562. The number of amides is 1. The van der Waals surface area contributed by atoms with Crippen molar-refractivity contribution < 1.29 is 4.79 Å². The van der Waals surface area contributed by atoms with Gasteiger partial charge in [0.15, 0.2) is 0 Å². The number of carbonyl (C=O) groups excluding carboxylic acids is 1. The van der Waals surface area contributed by atoms with Crippen LogP contribution in [0.25, 0.3) is 0 Å². The molecule has 3 N–H and O–H groups in total. The molecule has 0 spiro atoms. The number of nitrogens with two attached hydrogens (primary N) is 1. The van der Waals surface area contributed by atoms with Crippen molar-refractivity contribution in [1.82, 2.24) is 4.90 Å². The van der Waals surface area contributed by atoms with Gasteiger partial charge in [0.2, 0.25) is 5.91 Å². The van der Waals surface area contributed by atoms with Gasteiger partial charge in [0, 0.05) is 18.2 Å². The van der Waals surface area contributed by atoms with Crippen molar-refractivity contribution in [1.29, 1.82) is 0 Å². The van der Waals surface area contributed by atoms with E-state index < -0.39 is 0 Å². The van der Waals surface area contributed by atoms with Crippen molar-refractivity contribution in [3.05, 3.63) is 23.2 Å². The summed E-state index contributed by atoms with van der Waals surface area (Å²) in [5.41, 5.74) is 6.90. The number of rotatable bonds is 5. The fourth-order valence-electron chi connectivity index (χ4n) is 2.78. The number of likely N-dealkylation sites (tertiary alicyclic amines) is 1. The molecule has 1 atom stereocenters. The minimum absolute atomic E-state index is 0.0291. The molecule has 1 fully saturated rings. The molecule has 1 aliphatic heterocycles. The van der Waals surface area contributed by atoms with Crippen LogP contribution in [0.3, 0.4) is 0 Å². The maximum absolute atomic E-state index is 11.9. The maximum Gasteiger partial charge on any atom is 0.224 e. The summed E-state index contributed by atoms with van der Waals surface area (Å²) >= 11 is 5.86. The predicted molar refractivity (Wildman–Crippen MR) is 88.6 cm³/mol. The molecule has 1 aromatic rings. The molecule has 4 nitrogen and oxygen atoms in total. The Morgan fingerprint density at radius 1 is 1.48 bits per heavy atom. The van der Waals surface area contributed by atoms with E-state index >= 15 is 0 Å². The minimum atomic E-state index is 0.0291. The van der Waals surface area contributed by atoms with Gasteiger partial charge in [-0.1, -0.05) is 18.0 Å². The van der Waals surface area contributed by atoms with Crippen LogP contribution in [0.15, 0.2) is 18.2 Å². The maximum atomic E-state index is 11.9. The normalized spacial score (nSPS) is 19.4. The Morgan fingerprint density at radius 2 is 2.29 bits per heavy atom. The van der Waals surface area contributed by atoms with E-state index in [1.807, 2.05) is 0 Å². The molecule has 0 radical (unpaired) electrons. The van der Waals surface area contributed by atoms with Crippen LogP contribution in [0.4, 0.5) is 11.4 Å². The first kappa shape index (κ1) is 16.1. The summed E-state index contributed by atoms with van der Waals surface area (Å²) in [6.07, 6.45) is 5.30. The van der Waals surface area contributed by atoms with Gasteiger partial charge in [-0.2, -0.15) is 0 Å². The molecule has 1 heterocycles. The Morgan fingerprint density at radius 3 is 3.00 bits per heavy atom. The number of hydrogen-bond donors (Lipinski definition) is 2. The molecule has 1 amide bonds. The average Bonchev–Trinajstić information content (AvgIpc) is 2.45. The molecular formula is C16H24ClN3O. The number of nitrogen functional groups attached to an aromatic ring is 1. The summed E-state index contributed by atoms with van der Waals surface area (Å²) < 4.78 is 0. The molecule has 1 aromatic carbocycles. The number of nitrogens with zero attached hydrogens (tertiary/aromatic N) is 1. The highest BCUT2D eigenvalue weighted by molar-refractivity contribution is 6.33. The van der Waals surface area contributed by atoms with Gasteiger partial charge in [0.1, 0.15) is 0 Å². The standard InChI is InChI=1S/C16H24ClN3O/c1-12-5-2-3-9-20(12)10-4-6-16(21)19-13-7-8-14(17)15(18)11-13/h7-8,11-12H,2-6,9-10,18H2,1H3,(H,19,21). The number of anilines is 2. The van der Waals surface area contributed by atoms with Gasteiger partial charge >= 0.3 is 0 Å². The predicted octanol–water partition coefficient (Wildman–Crippen LogP) is 3.52. The monoisotopic (exact) mass is 309 g/mol. The Labute approximate surface area is 131 Å². The third kappa shape index (κ3) is 4.90. The van der Waals surface area contributed by atoms with E-state index in [-0.39, 0.29) is 5.91 Å². The minimum Gasteiger partial charge on any atom is -0.397 e. The first-order valence-corrected chi connectivity index (χ1v) is 8.03. The molecule has 0 aromatic heterocycles. The quantitative estimate of drug-likeness (QED) is 0.818. The van der Waals surface area contributed by atoms with Crippen LogP contribution in [0.5, 0.6) is 0 Å². The Hall–Kier alpha value is -1.26. The van der Waals surface area contributed by atoms with Crippen LogP contribution in [0.2, 0.25) is 5.02 Å². The summed E-state index contributed by atoms with van der Waals surface area (Å²) in [5, 5.41) is 3.37. The van der Waals surface area contributed by atoms with Crippen molar-refractivity contribution in [3.8, 4) is 0 Å². The smallest absolute Gasteiger partial charge is 0.224 e. The lowest BCUT2D eigenvalue weighted by molar-refractivity contribution is -0.116. The zero-order chi connectivity index (χ0) is 15.2. The number of carbonyl (C=O) groups is 1. The molecule has 0 aliphatic carbocycles. The molecule has 2 rings (SSSR count). The first-order chi connectivity index (χ1) is 10.1. The van der Waals surface area contributed by atoms with Crippen LogP contribution in [-0.2, 0) is 4.79 Å². The van der Waals surface area contributed by atoms with E-state index in [0.717, 1.165) is 19.5 Å². The lowest BCUT2D eigenvalue weighted by Crippen LogP contribution is -2.38. The van der Waals surface area contributed by atoms with E-state index in [2.05, 4.69) is 17.1 Å². The SMILES string of the molecule is CC1CCCCN1CCCC(=O)Nc1ccc(Cl)c(N)c1. The zero-order valence-electron chi connectivity index (χ0n) is 12.6. The highest BCUT2D eigenvalue weighted by Gasteiger charge is 2.17. The van der Waals surface area contributed by atoms with Crippen molar-refractivity contribution in [2.75, 3.05) is 24.1 Å². The number of benzene rings is 1. The molecule has 1 aliphatic rings. The molecule has 21 heavy (non-hydrogen) atoms. The van der Waals surface area contributed by atoms with Crippen molar-refractivity contribution >= 4 is 28.9 Å². The molecule has 1 saturated heterocycles. The molecule has 116 valence electrons. The first-order valence-electron chi connectivity index (χ1n) is 7.65. The van der Waals surface area contributed by atoms with E-state index in [1.54, 1.807) is 18.2 Å². The summed E-state index contributed by atoms with van der Waals surface area (Å²) in [6, 6.07) is 5.80. The second-order valence-electron chi connectivity index (χ2n) is 5.77. The van der Waals surface area contributed by atoms with Gasteiger partial charge in [0.05, 0.1) is 10.7 Å². The van der Waals surface area contributed by atoms with Crippen LogP contribution < -0.4 is 11.1 Å². The number of hydrogen-bond acceptors (Lipinski definition) is 3. The van der Waals surface area contributed by atoms with Gasteiger partial charge in [-0.3, -0.25) is 4.79 Å². The van der Waals surface area contributed by atoms with Crippen molar-refractivity contribution in [2.45, 2.75) is 45.1 Å². The van der Waals surface area contributed by atoms with Crippen molar-refractivity contribution in [3.63, 3.8) is 0 Å². The topological polar surface area (TPSA) is 58.4 Å². The molecular weight excluding hydrogens is 286 g/mol. The number of nitrogens with one attached hydrogen (secondary N) is 1. The van der Waals surface area contributed by atoms with Crippen LogP contribution in [0.1, 0.15) is 39.0 Å². The number of piperidine rings is 1.